The molecular weight excluding hydrogens is 468 g/mol. The highest BCUT2D eigenvalue weighted by Crippen LogP contribution is 2.50. The third-order valence-electron chi connectivity index (χ3n) is 6.03. The van der Waals surface area contributed by atoms with Crippen LogP contribution in [0.2, 0.25) is 13.1 Å². The van der Waals surface area contributed by atoms with Crippen LogP contribution in [-0.4, -0.2) is 63.1 Å². The van der Waals surface area contributed by atoms with E-state index in [9.17, 15) is 19.6 Å². The quantitative estimate of drug-likeness (QED) is 0.256. The van der Waals surface area contributed by atoms with Gasteiger partial charge in [0.2, 0.25) is 0 Å². The number of likely N-dealkylation sites (tertiary alicyclic amines) is 1. The molecule has 0 aromatic rings. The Morgan fingerprint density at radius 2 is 1.66 bits per heavy atom. The van der Waals surface area contributed by atoms with E-state index >= 15 is 0 Å². The van der Waals surface area contributed by atoms with Gasteiger partial charge in [-0.05, 0) is 65.5 Å². The van der Waals surface area contributed by atoms with Crippen molar-refractivity contribution in [1.29, 1.82) is 5.26 Å². The van der Waals surface area contributed by atoms with Crippen LogP contribution in [0.3, 0.4) is 0 Å². The van der Waals surface area contributed by atoms with Gasteiger partial charge >= 0.3 is 18.0 Å². The minimum absolute atomic E-state index is 0.0333. The Balaban J connectivity index is 3.82. The van der Waals surface area contributed by atoms with Gasteiger partial charge in [-0.15, -0.1) is 0 Å². The fourth-order valence-corrected chi connectivity index (χ4v) is 5.68. The first kappa shape index (κ1) is 30.9. The van der Waals surface area contributed by atoms with Crippen molar-refractivity contribution >= 4 is 27.1 Å². The first-order valence-corrected chi connectivity index (χ1v) is 15.2. The average Bonchev–Trinajstić information content (AvgIpc) is 3.07. The number of carbonyl (C=O) groups is 3. The van der Waals surface area contributed by atoms with Crippen LogP contribution in [0.1, 0.15) is 68.2 Å². The lowest BCUT2D eigenvalue weighted by molar-refractivity contribution is -0.165. The van der Waals surface area contributed by atoms with Gasteiger partial charge in [0, 0.05) is 12.5 Å². The van der Waals surface area contributed by atoms with Crippen LogP contribution in [0.4, 0.5) is 4.79 Å². The molecule has 1 amide bonds. The van der Waals surface area contributed by atoms with E-state index < -0.39 is 50.2 Å². The smallest absolute Gasteiger partial charge is 0.412 e. The Labute approximate surface area is 212 Å². The average molecular weight is 513 g/mol. The molecule has 4 atom stereocenters. The van der Waals surface area contributed by atoms with Gasteiger partial charge in [-0.25, -0.2) is 4.79 Å². The Kier molecular flexibility index (Phi) is 10.8. The van der Waals surface area contributed by atoms with Crippen molar-refractivity contribution in [3.05, 3.63) is 0 Å². The summed E-state index contributed by atoms with van der Waals surface area (Å²) in [6, 6.07) is 2.04. The van der Waals surface area contributed by atoms with Crippen LogP contribution in [0.5, 0.6) is 0 Å². The van der Waals surface area contributed by atoms with Crippen molar-refractivity contribution in [2.24, 2.45) is 23.2 Å². The van der Waals surface area contributed by atoms with Gasteiger partial charge in [0.25, 0.3) is 0 Å². The Hall–Kier alpha value is -2.12. The molecule has 200 valence electrons. The van der Waals surface area contributed by atoms with Crippen molar-refractivity contribution < 1.29 is 33.0 Å². The van der Waals surface area contributed by atoms with Crippen LogP contribution in [-0.2, 0) is 28.2 Å². The van der Waals surface area contributed by atoms with Crippen LogP contribution < -0.4 is 0 Å². The van der Waals surface area contributed by atoms with E-state index in [1.165, 1.54) is 4.90 Å². The SMILES string of the molecule is CCOC(=O)CC(C(C#N)C(=O)OCC)[C@@]1(O[SiH](C)C)C[C@H](C(C)(C)C)CN1C(=O)OC(C)(C)C. The van der Waals surface area contributed by atoms with E-state index in [4.69, 9.17) is 18.6 Å². The number of ether oxygens (including phenoxy) is 3. The molecular formula is C25H44N2O7Si. The van der Waals surface area contributed by atoms with E-state index in [-0.39, 0.29) is 31.0 Å². The lowest BCUT2D eigenvalue weighted by Gasteiger charge is -2.46. The Bertz CT molecular complexity index is 797. The first-order chi connectivity index (χ1) is 16.0. The maximum absolute atomic E-state index is 13.6. The zero-order chi connectivity index (χ0) is 27.2. The highest BCUT2D eigenvalue weighted by atomic mass is 28.3. The van der Waals surface area contributed by atoms with Gasteiger partial charge in [0.1, 0.15) is 11.3 Å². The zero-order valence-electron chi connectivity index (χ0n) is 23.1. The second-order valence-electron chi connectivity index (χ2n) is 11.3. The number of rotatable bonds is 9. The third kappa shape index (κ3) is 8.21. The molecule has 10 heteroatoms. The standard InChI is InChI=1S/C25H44N2O7Si/c1-11-31-20(28)13-19(18(15-26)21(29)32-12-2)25(34-35(9)10)14-17(23(3,4)5)16-27(25)22(30)33-24(6,7)8/h17-19,35H,11-14,16H2,1-10H3/t17-,18?,19?,25-/m0/s1. The molecule has 0 aromatic carbocycles. The highest BCUT2D eigenvalue weighted by molar-refractivity contribution is 6.48. The van der Waals surface area contributed by atoms with Gasteiger partial charge in [0.05, 0.1) is 25.7 Å². The molecule has 0 aromatic heterocycles. The predicted molar refractivity (Wildman–Crippen MR) is 134 cm³/mol. The molecule has 1 fully saturated rings. The van der Waals surface area contributed by atoms with Gasteiger partial charge in [-0.3, -0.25) is 14.5 Å². The van der Waals surface area contributed by atoms with E-state index in [2.05, 4.69) is 20.8 Å². The number of amides is 1. The number of carbonyl (C=O) groups excluding carboxylic acids is 3. The molecule has 0 N–H and O–H groups in total. The van der Waals surface area contributed by atoms with Crippen LogP contribution >= 0.6 is 0 Å². The van der Waals surface area contributed by atoms with Crippen molar-refractivity contribution in [3.63, 3.8) is 0 Å². The molecule has 1 aliphatic heterocycles. The monoisotopic (exact) mass is 512 g/mol. The van der Waals surface area contributed by atoms with Gasteiger partial charge in [-0.1, -0.05) is 20.8 Å². The van der Waals surface area contributed by atoms with Crippen LogP contribution in [0.25, 0.3) is 0 Å². The number of nitriles is 1. The fourth-order valence-electron chi connectivity index (χ4n) is 4.46. The second kappa shape index (κ2) is 12.2. The minimum atomic E-state index is -1.89. The van der Waals surface area contributed by atoms with E-state index in [0.717, 1.165) is 0 Å². The largest absolute Gasteiger partial charge is 0.466 e. The van der Waals surface area contributed by atoms with E-state index in [1.54, 1.807) is 34.6 Å². The molecule has 0 spiro atoms. The molecule has 35 heavy (non-hydrogen) atoms. The summed E-state index contributed by atoms with van der Waals surface area (Å²) in [7, 11) is -1.89. The summed E-state index contributed by atoms with van der Waals surface area (Å²) in [5.74, 6) is -3.69. The zero-order valence-corrected chi connectivity index (χ0v) is 24.3. The fraction of sp³-hybridized carbons (Fsp3) is 0.840. The molecule has 1 aliphatic rings. The minimum Gasteiger partial charge on any atom is -0.466 e. The topological polar surface area (TPSA) is 115 Å². The summed E-state index contributed by atoms with van der Waals surface area (Å²) >= 11 is 0. The molecule has 9 nitrogen and oxygen atoms in total. The normalized spacial score (nSPS) is 22.3. The van der Waals surface area contributed by atoms with Crippen molar-refractivity contribution in [2.75, 3.05) is 19.8 Å². The second-order valence-corrected chi connectivity index (χ2v) is 13.7. The third-order valence-corrected chi connectivity index (χ3v) is 6.91. The molecule has 0 bridgehead atoms. The first-order valence-electron chi connectivity index (χ1n) is 12.4. The van der Waals surface area contributed by atoms with Crippen molar-refractivity contribution in [2.45, 2.75) is 92.7 Å². The number of nitrogens with zero attached hydrogens (tertiary/aromatic N) is 2. The van der Waals surface area contributed by atoms with E-state index in [0.29, 0.717) is 13.0 Å². The molecule has 0 aliphatic carbocycles. The summed E-state index contributed by atoms with van der Waals surface area (Å²) in [5.41, 5.74) is -2.39. The van der Waals surface area contributed by atoms with E-state index in [1.807, 2.05) is 19.2 Å². The summed E-state index contributed by atoms with van der Waals surface area (Å²) in [6.45, 7) is 19.3. The van der Waals surface area contributed by atoms with Crippen molar-refractivity contribution in [1.82, 2.24) is 4.90 Å². The van der Waals surface area contributed by atoms with Crippen LogP contribution in [0, 0.1) is 34.5 Å². The Morgan fingerprint density at radius 1 is 1.09 bits per heavy atom. The number of hydrogen-bond acceptors (Lipinski definition) is 8. The summed E-state index contributed by atoms with van der Waals surface area (Å²) in [6.07, 6.45) is -0.529. The molecule has 1 saturated heterocycles. The molecule has 1 heterocycles. The lowest BCUT2D eigenvalue weighted by atomic mass is 9.74. The summed E-state index contributed by atoms with van der Waals surface area (Å²) in [5, 5.41) is 10.1. The van der Waals surface area contributed by atoms with Gasteiger partial charge in [0.15, 0.2) is 15.0 Å². The summed E-state index contributed by atoms with van der Waals surface area (Å²) in [4.78, 5) is 40.8. The maximum Gasteiger partial charge on any atom is 0.412 e. The highest BCUT2D eigenvalue weighted by Gasteiger charge is 2.60. The molecule has 0 radical (unpaired) electrons. The predicted octanol–water partition coefficient (Wildman–Crippen LogP) is 4.26. The number of esters is 2. The number of hydrogen-bond donors (Lipinski definition) is 0. The Morgan fingerprint density at radius 3 is 2.09 bits per heavy atom. The maximum atomic E-state index is 13.6. The lowest BCUT2D eigenvalue weighted by Crippen LogP contribution is -2.59. The molecule has 2 unspecified atom stereocenters. The summed E-state index contributed by atoms with van der Waals surface area (Å²) < 4.78 is 22.8. The molecule has 1 rings (SSSR count). The molecule has 0 saturated carbocycles. The van der Waals surface area contributed by atoms with Crippen molar-refractivity contribution in [3.8, 4) is 6.07 Å². The van der Waals surface area contributed by atoms with Crippen LogP contribution in [0.15, 0.2) is 0 Å². The van der Waals surface area contributed by atoms with Gasteiger partial charge < -0.3 is 18.6 Å². The van der Waals surface area contributed by atoms with Gasteiger partial charge in [-0.2, -0.15) is 5.26 Å².